The molecule has 25 heavy (non-hydrogen) atoms. The van der Waals surface area contributed by atoms with E-state index < -0.39 is 0 Å². The minimum atomic E-state index is 0. The second-order valence-electron chi connectivity index (χ2n) is 8.08. The van der Waals surface area contributed by atoms with Gasteiger partial charge in [-0.05, 0) is 63.3 Å². The molecule has 3 N–H and O–H groups in total. The molecule has 1 saturated heterocycles. The van der Waals surface area contributed by atoms with Gasteiger partial charge in [-0.15, -0.1) is 24.8 Å². The molecule has 1 aliphatic heterocycles. The summed E-state index contributed by atoms with van der Waals surface area (Å²) in [5, 5.41) is 3.23. The monoisotopic (exact) mass is 393 g/mol. The van der Waals surface area contributed by atoms with Crippen molar-refractivity contribution in [1.29, 1.82) is 0 Å². The SMILES string of the molecule is CCC1CCCCN1CCNC(=O)C1CC2CCCC(C1)C2N.Cl.Cl. The normalized spacial score (nSPS) is 35.2. The summed E-state index contributed by atoms with van der Waals surface area (Å²) in [5.74, 6) is 1.68. The van der Waals surface area contributed by atoms with E-state index in [1.54, 1.807) is 0 Å². The first kappa shape index (κ1) is 23.0. The largest absolute Gasteiger partial charge is 0.355 e. The molecule has 2 bridgehead atoms. The summed E-state index contributed by atoms with van der Waals surface area (Å²) in [6.45, 7) is 5.32. The number of hydrogen-bond donors (Lipinski definition) is 2. The predicted octanol–water partition coefficient (Wildman–Crippen LogP) is 3.36. The number of rotatable bonds is 5. The Kier molecular flexibility index (Phi) is 10.1. The van der Waals surface area contributed by atoms with Gasteiger partial charge in [0.15, 0.2) is 0 Å². The fraction of sp³-hybridized carbons (Fsp3) is 0.947. The molecular formula is C19H37Cl2N3O. The zero-order valence-corrected chi connectivity index (χ0v) is 17.3. The molecule has 2 saturated carbocycles. The number of halogens is 2. The van der Waals surface area contributed by atoms with Crippen LogP contribution in [-0.2, 0) is 4.79 Å². The van der Waals surface area contributed by atoms with E-state index in [2.05, 4.69) is 17.1 Å². The molecule has 6 heteroatoms. The van der Waals surface area contributed by atoms with Crippen LogP contribution in [0.3, 0.4) is 0 Å². The molecule has 0 aromatic rings. The Hall–Kier alpha value is -0.0300. The lowest BCUT2D eigenvalue weighted by Crippen LogP contribution is -2.50. The van der Waals surface area contributed by atoms with E-state index in [1.165, 1.54) is 51.5 Å². The van der Waals surface area contributed by atoms with Crippen molar-refractivity contribution in [3.05, 3.63) is 0 Å². The van der Waals surface area contributed by atoms with Gasteiger partial charge < -0.3 is 11.1 Å². The molecule has 4 nitrogen and oxygen atoms in total. The molecule has 3 fully saturated rings. The minimum absolute atomic E-state index is 0. The lowest BCUT2D eigenvalue weighted by Gasteiger charge is -2.43. The highest BCUT2D eigenvalue weighted by molar-refractivity contribution is 5.85. The van der Waals surface area contributed by atoms with E-state index >= 15 is 0 Å². The van der Waals surface area contributed by atoms with E-state index in [4.69, 9.17) is 5.73 Å². The van der Waals surface area contributed by atoms with Gasteiger partial charge in [-0.2, -0.15) is 0 Å². The van der Waals surface area contributed by atoms with Gasteiger partial charge in [-0.25, -0.2) is 0 Å². The molecule has 148 valence electrons. The number of fused-ring (bicyclic) bond motifs is 2. The van der Waals surface area contributed by atoms with Gasteiger partial charge in [-0.3, -0.25) is 9.69 Å². The van der Waals surface area contributed by atoms with Gasteiger partial charge in [0.1, 0.15) is 0 Å². The van der Waals surface area contributed by atoms with E-state index in [0.717, 1.165) is 32.0 Å². The van der Waals surface area contributed by atoms with Gasteiger partial charge in [0.25, 0.3) is 0 Å². The van der Waals surface area contributed by atoms with Crippen molar-refractivity contribution in [2.75, 3.05) is 19.6 Å². The number of amides is 1. The fourth-order valence-corrected chi connectivity index (χ4v) is 5.29. The number of carbonyl (C=O) groups is 1. The molecule has 3 aliphatic rings. The maximum absolute atomic E-state index is 12.6. The topological polar surface area (TPSA) is 58.4 Å². The summed E-state index contributed by atoms with van der Waals surface area (Å²) < 4.78 is 0. The van der Waals surface area contributed by atoms with Gasteiger partial charge in [0.2, 0.25) is 5.91 Å². The van der Waals surface area contributed by atoms with Crippen molar-refractivity contribution in [1.82, 2.24) is 10.2 Å². The van der Waals surface area contributed by atoms with Crippen molar-refractivity contribution in [3.63, 3.8) is 0 Å². The molecule has 0 aromatic heterocycles. The molecule has 3 atom stereocenters. The zero-order chi connectivity index (χ0) is 16.2. The molecule has 1 amide bonds. The van der Waals surface area contributed by atoms with Crippen LogP contribution < -0.4 is 11.1 Å². The van der Waals surface area contributed by atoms with Crippen LogP contribution in [-0.4, -0.2) is 42.5 Å². The summed E-state index contributed by atoms with van der Waals surface area (Å²) in [6.07, 6.45) is 11.0. The first-order valence-electron chi connectivity index (χ1n) is 9.96. The van der Waals surface area contributed by atoms with Crippen LogP contribution in [0.2, 0.25) is 0 Å². The maximum Gasteiger partial charge on any atom is 0.223 e. The summed E-state index contributed by atoms with van der Waals surface area (Å²) in [4.78, 5) is 15.1. The quantitative estimate of drug-likeness (QED) is 0.752. The van der Waals surface area contributed by atoms with Gasteiger partial charge >= 0.3 is 0 Å². The zero-order valence-electron chi connectivity index (χ0n) is 15.6. The summed E-state index contributed by atoms with van der Waals surface area (Å²) in [7, 11) is 0. The van der Waals surface area contributed by atoms with Crippen molar-refractivity contribution in [2.45, 2.75) is 76.8 Å². The summed E-state index contributed by atoms with van der Waals surface area (Å²) in [6, 6.07) is 1.08. The van der Waals surface area contributed by atoms with Gasteiger partial charge in [0, 0.05) is 31.1 Å². The molecular weight excluding hydrogens is 357 g/mol. The number of hydrogen-bond acceptors (Lipinski definition) is 3. The van der Waals surface area contributed by atoms with Crippen molar-refractivity contribution < 1.29 is 4.79 Å². The average molecular weight is 394 g/mol. The molecule has 0 spiro atoms. The molecule has 1 heterocycles. The second kappa shape index (κ2) is 11.0. The van der Waals surface area contributed by atoms with E-state index in [1.807, 2.05) is 0 Å². The van der Waals surface area contributed by atoms with Crippen molar-refractivity contribution in [2.24, 2.45) is 23.5 Å². The second-order valence-corrected chi connectivity index (χ2v) is 8.08. The minimum Gasteiger partial charge on any atom is -0.355 e. The third kappa shape index (κ3) is 5.72. The average Bonchev–Trinajstić information content (AvgIpc) is 2.55. The Labute approximate surface area is 165 Å². The van der Waals surface area contributed by atoms with Gasteiger partial charge in [0.05, 0.1) is 0 Å². The third-order valence-corrected chi connectivity index (χ3v) is 6.70. The molecule has 2 aliphatic carbocycles. The standard InChI is InChI=1S/C19H35N3O.2ClH/c1-2-17-8-3-4-10-22(17)11-9-21-19(23)16-12-14-6-5-7-15(13-16)18(14)20;;/h14-18H,2-13,20H2,1H3,(H,21,23);2*1H. The van der Waals surface area contributed by atoms with Gasteiger partial charge in [-0.1, -0.05) is 19.8 Å². The number of piperidine rings is 1. The lowest BCUT2D eigenvalue weighted by molar-refractivity contribution is -0.128. The Morgan fingerprint density at radius 3 is 2.40 bits per heavy atom. The van der Waals surface area contributed by atoms with Crippen LogP contribution in [0.1, 0.15) is 64.7 Å². The fourth-order valence-electron chi connectivity index (χ4n) is 5.29. The highest BCUT2D eigenvalue weighted by Gasteiger charge is 2.40. The Balaban J connectivity index is 0.00000156. The summed E-state index contributed by atoms with van der Waals surface area (Å²) >= 11 is 0. The van der Waals surface area contributed by atoms with Crippen LogP contribution in [0, 0.1) is 17.8 Å². The first-order valence-corrected chi connectivity index (χ1v) is 9.96. The number of nitrogens with two attached hydrogens (primary N) is 1. The Morgan fingerprint density at radius 1 is 1.08 bits per heavy atom. The van der Waals surface area contributed by atoms with Crippen LogP contribution in [0.25, 0.3) is 0 Å². The Morgan fingerprint density at radius 2 is 1.76 bits per heavy atom. The Bertz CT molecular complexity index is 396. The number of likely N-dealkylation sites (tertiary alicyclic amines) is 1. The summed E-state index contributed by atoms with van der Waals surface area (Å²) in [5.41, 5.74) is 6.34. The van der Waals surface area contributed by atoms with Crippen molar-refractivity contribution >= 4 is 30.7 Å². The van der Waals surface area contributed by atoms with Crippen LogP contribution in [0.15, 0.2) is 0 Å². The highest BCUT2D eigenvalue weighted by Crippen LogP contribution is 2.41. The molecule has 3 unspecified atom stereocenters. The highest BCUT2D eigenvalue weighted by atomic mass is 35.5. The molecule has 0 aromatic carbocycles. The lowest BCUT2D eigenvalue weighted by atomic mass is 9.65. The number of carbonyl (C=O) groups excluding carboxylic acids is 1. The van der Waals surface area contributed by atoms with Crippen LogP contribution in [0.5, 0.6) is 0 Å². The number of nitrogens with one attached hydrogen (secondary N) is 1. The third-order valence-electron chi connectivity index (χ3n) is 6.70. The van der Waals surface area contributed by atoms with Crippen LogP contribution >= 0.6 is 24.8 Å². The molecule has 3 rings (SSSR count). The van der Waals surface area contributed by atoms with E-state index in [9.17, 15) is 4.79 Å². The van der Waals surface area contributed by atoms with E-state index in [0.29, 0.717) is 23.8 Å². The predicted molar refractivity (Wildman–Crippen MR) is 109 cm³/mol. The number of nitrogens with zero attached hydrogens (tertiary/aromatic N) is 1. The maximum atomic E-state index is 12.6. The first-order chi connectivity index (χ1) is 11.2. The molecule has 0 radical (unpaired) electrons. The van der Waals surface area contributed by atoms with Crippen LogP contribution in [0.4, 0.5) is 0 Å². The smallest absolute Gasteiger partial charge is 0.223 e. The van der Waals surface area contributed by atoms with E-state index in [-0.39, 0.29) is 30.7 Å². The van der Waals surface area contributed by atoms with Crippen molar-refractivity contribution in [3.8, 4) is 0 Å².